The summed E-state index contributed by atoms with van der Waals surface area (Å²) >= 11 is 7.83. The molecule has 1 N–H and O–H groups in total. The van der Waals surface area contributed by atoms with Crippen molar-refractivity contribution in [3.05, 3.63) is 100 Å². The highest BCUT2D eigenvalue weighted by Crippen LogP contribution is 2.49. The molecule has 3 aromatic carbocycles. The molecule has 6 nitrogen and oxygen atoms in total. The van der Waals surface area contributed by atoms with Crippen LogP contribution >= 0.6 is 23.4 Å². The summed E-state index contributed by atoms with van der Waals surface area (Å²) in [5.41, 5.74) is 6.18. The van der Waals surface area contributed by atoms with E-state index in [-0.39, 0.29) is 16.9 Å². The van der Waals surface area contributed by atoms with Crippen molar-refractivity contribution >= 4 is 41.1 Å². The average Bonchev–Trinajstić information content (AvgIpc) is 3.18. The number of rotatable bonds is 5. The number of halogens is 1. The molecule has 8 heteroatoms. The van der Waals surface area contributed by atoms with Gasteiger partial charge in [-0.15, -0.1) is 11.8 Å². The van der Waals surface area contributed by atoms with Gasteiger partial charge in [0, 0.05) is 16.1 Å². The summed E-state index contributed by atoms with van der Waals surface area (Å²) in [5.74, 6) is -0.764. The Hall–Kier alpha value is -3.55. The fraction of sp³-hybridized carbons (Fsp3) is 0.179. The minimum atomic E-state index is -1.09. The quantitative estimate of drug-likeness (QED) is 0.348. The molecule has 0 radical (unpaired) electrons. The highest BCUT2D eigenvalue weighted by Gasteiger charge is 2.38. The van der Waals surface area contributed by atoms with Gasteiger partial charge in [-0.3, -0.25) is 14.5 Å². The van der Waals surface area contributed by atoms with Crippen LogP contribution in [-0.4, -0.2) is 39.1 Å². The van der Waals surface area contributed by atoms with E-state index >= 15 is 0 Å². The molecule has 5 rings (SSSR count). The predicted molar refractivity (Wildman–Crippen MR) is 144 cm³/mol. The van der Waals surface area contributed by atoms with Gasteiger partial charge in [0.1, 0.15) is 12.4 Å². The molecule has 1 aliphatic heterocycles. The molecule has 4 aromatic rings. The molecule has 0 aliphatic carbocycles. The molecule has 1 unspecified atom stereocenters. The maximum absolute atomic E-state index is 13.4. The second-order valence-electron chi connectivity index (χ2n) is 8.70. The number of carboxylic acid groups (broad SMARTS) is 1. The SMILES string of the molecule is Cc1cccc(-n2nc(-c3ccccc3)c3c2N(CC(=O)O)C(=O)CSC3c2cccc(Cl)c2)c1C. The van der Waals surface area contributed by atoms with Gasteiger partial charge in [0.25, 0.3) is 0 Å². The zero-order valence-corrected chi connectivity index (χ0v) is 21.4. The van der Waals surface area contributed by atoms with Crippen molar-refractivity contribution in [3.63, 3.8) is 0 Å². The van der Waals surface area contributed by atoms with Crippen LogP contribution in [0.5, 0.6) is 0 Å². The second-order valence-corrected chi connectivity index (χ2v) is 10.2. The number of benzene rings is 3. The molecule has 2 heterocycles. The van der Waals surface area contributed by atoms with E-state index in [1.807, 2.05) is 86.6 Å². The molecule has 1 aromatic heterocycles. The number of carbonyl (C=O) groups is 2. The fourth-order valence-electron chi connectivity index (χ4n) is 4.53. The van der Waals surface area contributed by atoms with Crippen molar-refractivity contribution in [3.8, 4) is 16.9 Å². The zero-order chi connectivity index (χ0) is 25.4. The number of hydrogen-bond acceptors (Lipinski definition) is 4. The Morgan fingerprint density at radius 1 is 1.08 bits per heavy atom. The molecule has 0 bridgehead atoms. The summed E-state index contributed by atoms with van der Waals surface area (Å²) in [7, 11) is 0. The Kier molecular flexibility index (Phi) is 6.60. The number of hydrogen-bond donors (Lipinski definition) is 1. The Balaban J connectivity index is 1.89. The van der Waals surface area contributed by atoms with Crippen LogP contribution in [0.25, 0.3) is 16.9 Å². The largest absolute Gasteiger partial charge is 0.480 e. The molecule has 36 heavy (non-hydrogen) atoms. The van der Waals surface area contributed by atoms with E-state index in [1.165, 1.54) is 16.7 Å². The number of amides is 1. The molecule has 0 saturated carbocycles. The first-order chi connectivity index (χ1) is 17.3. The van der Waals surface area contributed by atoms with E-state index in [2.05, 4.69) is 0 Å². The molecule has 1 aliphatic rings. The lowest BCUT2D eigenvalue weighted by atomic mass is 9.99. The van der Waals surface area contributed by atoms with Crippen LogP contribution in [0.3, 0.4) is 0 Å². The van der Waals surface area contributed by atoms with E-state index in [9.17, 15) is 14.7 Å². The normalized spacial score (nSPS) is 15.5. The van der Waals surface area contributed by atoms with Crippen molar-refractivity contribution in [2.75, 3.05) is 17.2 Å². The van der Waals surface area contributed by atoms with Crippen molar-refractivity contribution < 1.29 is 14.7 Å². The van der Waals surface area contributed by atoms with Crippen LogP contribution in [-0.2, 0) is 9.59 Å². The summed E-state index contributed by atoms with van der Waals surface area (Å²) in [6.07, 6.45) is 0. The Morgan fingerprint density at radius 3 is 2.56 bits per heavy atom. The first-order valence-corrected chi connectivity index (χ1v) is 12.9. The van der Waals surface area contributed by atoms with Gasteiger partial charge in [0.15, 0.2) is 0 Å². The standard InChI is InChI=1S/C28H24ClN3O3S/c1-17-8-6-13-22(18(17)2)32-28-25(26(30-32)19-9-4-3-5-10-19)27(20-11-7-12-21(29)14-20)36-16-23(33)31(28)15-24(34)35/h3-14,27H,15-16H2,1-2H3,(H,34,35). The average molecular weight is 518 g/mol. The maximum Gasteiger partial charge on any atom is 0.323 e. The lowest BCUT2D eigenvalue weighted by Crippen LogP contribution is -2.38. The molecule has 182 valence electrons. The maximum atomic E-state index is 13.4. The van der Waals surface area contributed by atoms with E-state index in [0.717, 1.165) is 33.5 Å². The van der Waals surface area contributed by atoms with Gasteiger partial charge in [0.05, 0.1) is 22.4 Å². The van der Waals surface area contributed by atoms with Crippen LogP contribution in [0.15, 0.2) is 72.8 Å². The van der Waals surface area contributed by atoms with Crippen molar-refractivity contribution in [2.24, 2.45) is 0 Å². The molecule has 0 fully saturated rings. The summed E-state index contributed by atoms with van der Waals surface area (Å²) in [4.78, 5) is 26.7. The van der Waals surface area contributed by atoms with E-state index in [0.29, 0.717) is 16.5 Å². The molecule has 0 spiro atoms. The Labute approximate surface area is 218 Å². The van der Waals surface area contributed by atoms with Gasteiger partial charge in [-0.05, 0) is 48.7 Å². The molecular formula is C28H24ClN3O3S. The van der Waals surface area contributed by atoms with Gasteiger partial charge < -0.3 is 5.11 Å². The van der Waals surface area contributed by atoms with E-state index in [4.69, 9.17) is 16.7 Å². The Bertz CT molecular complexity index is 1470. The van der Waals surface area contributed by atoms with E-state index < -0.39 is 12.5 Å². The number of carboxylic acids is 1. The monoisotopic (exact) mass is 517 g/mol. The second kappa shape index (κ2) is 9.84. The van der Waals surface area contributed by atoms with Gasteiger partial charge in [0.2, 0.25) is 5.91 Å². The lowest BCUT2D eigenvalue weighted by Gasteiger charge is -2.23. The summed E-state index contributed by atoms with van der Waals surface area (Å²) < 4.78 is 1.74. The highest BCUT2D eigenvalue weighted by atomic mass is 35.5. The summed E-state index contributed by atoms with van der Waals surface area (Å²) in [6.45, 7) is 3.56. The van der Waals surface area contributed by atoms with Gasteiger partial charge >= 0.3 is 5.97 Å². The minimum absolute atomic E-state index is 0.125. The number of anilines is 1. The van der Waals surface area contributed by atoms with Crippen molar-refractivity contribution in [1.29, 1.82) is 0 Å². The number of carbonyl (C=O) groups excluding carboxylic acids is 1. The van der Waals surface area contributed by atoms with Gasteiger partial charge in [-0.2, -0.15) is 5.10 Å². The third-order valence-electron chi connectivity index (χ3n) is 6.39. The first kappa shape index (κ1) is 24.2. The van der Waals surface area contributed by atoms with Crippen LogP contribution < -0.4 is 4.90 Å². The molecule has 1 amide bonds. The Morgan fingerprint density at radius 2 is 1.83 bits per heavy atom. The minimum Gasteiger partial charge on any atom is -0.480 e. The topological polar surface area (TPSA) is 75.4 Å². The molecule has 1 atom stereocenters. The third-order valence-corrected chi connectivity index (χ3v) is 7.88. The predicted octanol–water partition coefficient (Wildman–Crippen LogP) is 6.06. The van der Waals surface area contributed by atoms with Crippen molar-refractivity contribution in [1.82, 2.24) is 9.78 Å². The van der Waals surface area contributed by atoms with Gasteiger partial charge in [-0.1, -0.05) is 66.2 Å². The van der Waals surface area contributed by atoms with Crippen molar-refractivity contribution in [2.45, 2.75) is 19.1 Å². The number of thioether (sulfide) groups is 1. The fourth-order valence-corrected chi connectivity index (χ4v) is 5.92. The van der Waals surface area contributed by atoms with Gasteiger partial charge in [-0.25, -0.2) is 4.68 Å². The van der Waals surface area contributed by atoms with Crippen LogP contribution in [0.1, 0.15) is 27.5 Å². The molecule has 0 saturated heterocycles. The van der Waals surface area contributed by atoms with Crippen LogP contribution in [0, 0.1) is 13.8 Å². The van der Waals surface area contributed by atoms with Crippen LogP contribution in [0.2, 0.25) is 5.02 Å². The smallest absolute Gasteiger partial charge is 0.323 e. The highest BCUT2D eigenvalue weighted by molar-refractivity contribution is 8.00. The molecular weight excluding hydrogens is 494 g/mol. The number of aromatic nitrogens is 2. The number of nitrogens with zero attached hydrogens (tertiary/aromatic N) is 3. The lowest BCUT2D eigenvalue weighted by molar-refractivity contribution is -0.136. The third kappa shape index (κ3) is 4.40. The number of aryl methyl sites for hydroxylation is 1. The first-order valence-electron chi connectivity index (χ1n) is 11.5. The summed E-state index contributed by atoms with van der Waals surface area (Å²) in [5, 5.41) is 15.1. The number of fused-ring (bicyclic) bond motifs is 1. The number of aliphatic carboxylic acids is 1. The zero-order valence-electron chi connectivity index (χ0n) is 19.8. The van der Waals surface area contributed by atoms with Crippen LogP contribution in [0.4, 0.5) is 5.82 Å². The summed E-state index contributed by atoms with van der Waals surface area (Å²) in [6, 6.07) is 23.2. The van der Waals surface area contributed by atoms with E-state index in [1.54, 1.807) is 4.68 Å².